The molecule has 2 heteroatoms. The van der Waals surface area contributed by atoms with E-state index >= 15 is 0 Å². The molecule has 0 bridgehead atoms. The maximum absolute atomic E-state index is 10.5. The molecule has 2 aromatic rings. The van der Waals surface area contributed by atoms with Gasteiger partial charge in [-0.05, 0) is 25.0 Å². The van der Waals surface area contributed by atoms with E-state index in [1.54, 1.807) is 0 Å². The normalized spacial score (nSPS) is 10.7. The highest BCUT2D eigenvalue weighted by atomic mass is 16.1. The summed E-state index contributed by atoms with van der Waals surface area (Å²) in [4.78, 5) is 10.5. The van der Waals surface area contributed by atoms with E-state index in [4.69, 9.17) is 0 Å². The Kier molecular flexibility index (Phi) is 2.12. The van der Waals surface area contributed by atoms with Crippen LogP contribution in [0.5, 0.6) is 0 Å². The zero-order chi connectivity index (χ0) is 10.1. The fraction of sp³-hybridized carbons (Fsp3) is 0.250. The van der Waals surface area contributed by atoms with Crippen molar-refractivity contribution in [1.82, 2.24) is 4.57 Å². The number of carbonyl (C=O) groups excluding carboxylic acids is 1. The average Bonchev–Trinajstić information content (AvgIpc) is 2.46. The van der Waals surface area contributed by atoms with Crippen LogP contribution in [0.3, 0.4) is 0 Å². The van der Waals surface area contributed by atoms with E-state index in [9.17, 15) is 4.79 Å². The van der Waals surface area contributed by atoms with Gasteiger partial charge in [0.05, 0.1) is 12.1 Å². The molecule has 0 unspecified atom stereocenters. The third kappa shape index (κ3) is 1.23. The number of aryl methyl sites for hydroxylation is 2. The van der Waals surface area contributed by atoms with Crippen molar-refractivity contribution >= 4 is 17.2 Å². The predicted octanol–water partition coefficient (Wildman–Crippen LogP) is 2.46. The highest BCUT2D eigenvalue weighted by Crippen LogP contribution is 2.23. The molecule has 0 spiro atoms. The third-order valence-corrected chi connectivity index (χ3v) is 2.57. The first-order chi connectivity index (χ1) is 6.74. The van der Waals surface area contributed by atoms with Gasteiger partial charge in [-0.25, -0.2) is 0 Å². The van der Waals surface area contributed by atoms with Crippen molar-refractivity contribution in [3.8, 4) is 0 Å². The Labute approximate surface area is 83.2 Å². The molecule has 72 valence electrons. The number of aromatic nitrogens is 1. The maximum Gasteiger partial charge on any atom is 0.139 e. The molecule has 0 atom stereocenters. The largest absolute Gasteiger partial charge is 0.340 e. The maximum atomic E-state index is 10.5. The molecule has 0 radical (unpaired) electrons. The molecule has 0 saturated carbocycles. The molecule has 1 heterocycles. The minimum Gasteiger partial charge on any atom is -0.340 e. The monoisotopic (exact) mass is 187 g/mol. The van der Waals surface area contributed by atoms with E-state index in [-0.39, 0.29) is 0 Å². The number of fused-ring (bicyclic) bond motifs is 1. The second kappa shape index (κ2) is 3.29. The lowest BCUT2D eigenvalue weighted by molar-refractivity contribution is -0.108. The zero-order valence-electron chi connectivity index (χ0n) is 8.45. The summed E-state index contributed by atoms with van der Waals surface area (Å²) in [6, 6.07) is 6.22. The summed E-state index contributed by atoms with van der Waals surface area (Å²) in [6.45, 7) is 4.58. The molecule has 0 fully saturated rings. The third-order valence-electron chi connectivity index (χ3n) is 2.57. The molecule has 2 rings (SSSR count). The van der Waals surface area contributed by atoms with E-state index in [0.29, 0.717) is 6.54 Å². The number of carbonyl (C=O) groups is 1. The van der Waals surface area contributed by atoms with E-state index in [1.807, 2.05) is 10.8 Å². The molecule has 14 heavy (non-hydrogen) atoms. The van der Waals surface area contributed by atoms with E-state index in [2.05, 4.69) is 32.0 Å². The van der Waals surface area contributed by atoms with Gasteiger partial charge in [0, 0.05) is 11.6 Å². The Morgan fingerprint density at radius 2 is 2.07 bits per heavy atom. The van der Waals surface area contributed by atoms with Crippen molar-refractivity contribution in [3.05, 3.63) is 35.5 Å². The van der Waals surface area contributed by atoms with Crippen LogP contribution in [0.2, 0.25) is 0 Å². The summed E-state index contributed by atoms with van der Waals surface area (Å²) in [5.74, 6) is 0. The van der Waals surface area contributed by atoms with Gasteiger partial charge in [0.15, 0.2) is 0 Å². The van der Waals surface area contributed by atoms with Crippen molar-refractivity contribution in [2.75, 3.05) is 0 Å². The molecule has 1 aromatic heterocycles. The summed E-state index contributed by atoms with van der Waals surface area (Å²) in [7, 11) is 0. The highest BCUT2D eigenvalue weighted by Gasteiger charge is 2.06. The number of benzene rings is 1. The molecule has 1 aromatic carbocycles. The predicted molar refractivity (Wildman–Crippen MR) is 57.5 cm³/mol. The fourth-order valence-corrected chi connectivity index (χ4v) is 1.95. The second-order valence-electron chi connectivity index (χ2n) is 3.60. The molecule has 0 N–H and O–H groups in total. The van der Waals surface area contributed by atoms with Crippen LogP contribution in [0.1, 0.15) is 11.1 Å². The van der Waals surface area contributed by atoms with E-state index < -0.39 is 0 Å². The van der Waals surface area contributed by atoms with Crippen LogP contribution in [0.4, 0.5) is 0 Å². The van der Waals surface area contributed by atoms with Crippen molar-refractivity contribution in [2.45, 2.75) is 20.4 Å². The SMILES string of the molecule is Cc1cn(CC=O)c2c(C)cccc12. The van der Waals surface area contributed by atoms with Crippen LogP contribution in [0.25, 0.3) is 10.9 Å². The van der Waals surface area contributed by atoms with E-state index in [0.717, 1.165) is 6.29 Å². The summed E-state index contributed by atoms with van der Waals surface area (Å²) in [5.41, 5.74) is 3.63. The summed E-state index contributed by atoms with van der Waals surface area (Å²) in [5, 5.41) is 1.24. The molecule has 0 amide bonds. The van der Waals surface area contributed by atoms with Gasteiger partial charge in [0.1, 0.15) is 6.29 Å². The van der Waals surface area contributed by atoms with Gasteiger partial charge in [-0.15, -0.1) is 0 Å². The van der Waals surface area contributed by atoms with Crippen LogP contribution in [0.15, 0.2) is 24.4 Å². The number of hydrogen-bond donors (Lipinski definition) is 0. The van der Waals surface area contributed by atoms with Crippen molar-refractivity contribution < 1.29 is 4.79 Å². The molecule has 0 aliphatic carbocycles. The van der Waals surface area contributed by atoms with Crippen LogP contribution >= 0.6 is 0 Å². The van der Waals surface area contributed by atoms with Gasteiger partial charge >= 0.3 is 0 Å². The van der Waals surface area contributed by atoms with Crippen LogP contribution in [-0.2, 0) is 11.3 Å². The minimum atomic E-state index is 0.440. The lowest BCUT2D eigenvalue weighted by atomic mass is 10.1. The second-order valence-corrected chi connectivity index (χ2v) is 3.60. The molecule has 0 aliphatic heterocycles. The van der Waals surface area contributed by atoms with Crippen molar-refractivity contribution in [3.63, 3.8) is 0 Å². The number of aldehydes is 1. The number of hydrogen-bond acceptors (Lipinski definition) is 1. The Bertz CT molecular complexity index is 482. The van der Waals surface area contributed by atoms with Gasteiger partial charge in [-0.3, -0.25) is 0 Å². The fourth-order valence-electron chi connectivity index (χ4n) is 1.95. The minimum absolute atomic E-state index is 0.440. The Hall–Kier alpha value is -1.57. The molecular formula is C12H13NO. The van der Waals surface area contributed by atoms with Gasteiger partial charge in [0.2, 0.25) is 0 Å². The van der Waals surface area contributed by atoms with Crippen molar-refractivity contribution in [1.29, 1.82) is 0 Å². The summed E-state index contributed by atoms with van der Waals surface area (Å²) in [6.07, 6.45) is 2.97. The summed E-state index contributed by atoms with van der Waals surface area (Å²) >= 11 is 0. The average molecular weight is 187 g/mol. The Morgan fingerprint density at radius 1 is 1.29 bits per heavy atom. The first-order valence-corrected chi connectivity index (χ1v) is 4.72. The lowest BCUT2D eigenvalue weighted by Gasteiger charge is -2.02. The van der Waals surface area contributed by atoms with E-state index in [1.165, 1.54) is 22.0 Å². The van der Waals surface area contributed by atoms with Gasteiger partial charge < -0.3 is 9.36 Å². The highest BCUT2D eigenvalue weighted by molar-refractivity contribution is 5.87. The first-order valence-electron chi connectivity index (χ1n) is 4.72. The standard InChI is InChI=1S/C12H13NO/c1-9-4-3-5-11-10(2)8-13(6-7-14)12(9)11/h3-5,7-8H,6H2,1-2H3. The van der Waals surface area contributed by atoms with Crippen LogP contribution in [-0.4, -0.2) is 10.9 Å². The number of rotatable bonds is 2. The summed E-state index contributed by atoms with van der Waals surface area (Å²) < 4.78 is 2.01. The van der Waals surface area contributed by atoms with Gasteiger partial charge in [0.25, 0.3) is 0 Å². The zero-order valence-corrected chi connectivity index (χ0v) is 8.45. The quantitative estimate of drug-likeness (QED) is 0.662. The smallest absolute Gasteiger partial charge is 0.139 e. The molecule has 0 aliphatic rings. The van der Waals surface area contributed by atoms with Crippen molar-refractivity contribution in [2.24, 2.45) is 0 Å². The Balaban J connectivity index is 2.78. The Morgan fingerprint density at radius 3 is 2.79 bits per heavy atom. The number of nitrogens with zero attached hydrogens (tertiary/aromatic N) is 1. The van der Waals surface area contributed by atoms with Gasteiger partial charge in [-0.1, -0.05) is 18.2 Å². The molecular weight excluding hydrogens is 174 g/mol. The number of para-hydroxylation sites is 1. The molecule has 0 saturated heterocycles. The van der Waals surface area contributed by atoms with Gasteiger partial charge in [-0.2, -0.15) is 0 Å². The molecule has 2 nitrogen and oxygen atoms in total. The lowest BCUT2D eigenvalue weighted by Crippen LogP contribution is -1.97. The van der Waals surface area contributed by atoms with Crippen LogP contribution in [0, 0.1) is 13.8 Å². The topological polar surface area (TPSA) is 22.0 Å². The first kappa shape index (κ1) is 9.00. The van der Waals surface area contributed by atoms with Crippen LogP contribution < -0.4 is 0 Å².